The van der Waals surface area contributed by atoms with Crippen LogP contribution >= 0.6 is 0 Å². The summed E-state index contributed by atoms with van der Waals surface area (Å²) >= 11 is 0. The maximum absolute atomic E-state index is 2.42. The average Bonchev–Trinajstić information content (AvgIpc) is 4.34. The summed E-state index contributed by atoms with van der Waals surface area (Å²) in [6.45, 7) is 0. The molecule has 0 aliphatic heterocycles. The Morgan fingerprint density at radius 3 is 0.744 bits per heavy atom. The molecule has 0 nitrogen and oxygen atoms in total. The first-order chi connectivity index (χ1) is 38.3. The second kappa shape index (κ2) is 30.1. The summed E-state index contributed by atoms with van der Waals surface area (Å²) in [6.07, 6.45) is 119. The zero-order valence-electron chi connectivity index (χ0n) is 50.9. The van der Waals surface area contributed by atoms with Crippen molar-refractivity contribution in [3.8, 4) is 0 Å². The second-order valence-electron chi connectivity index (χ2n) is 30.0. The van der Waals surface area contributed by atoms with Crippen LogP contribution in [0.15, 0.2) is 122 Å². The molecular weight excluding hydrogens is 937 g/mol. The molecule has 0 bridgehead atoms. The van der Waals surface area contributed by atoms with Gasteiger partial charge in [0.25, 0.3) is 0 Å². The SMILES string of the molecule is C1=CCC2(C1)CC=CC2.C1=CCC2(C1)CCC2.C1=CCC2(C1)CCCC2.C1=CCC2(C1)CCCCCC2.C1=CCC2(C=C1)CCCC2.C1=CCC2(CC1)CCC2.C1=CCC2(CC1)CCCCC2.C1=CCCC2(CC1)CCCC2. The fourth-order valence-electron chi connectivity index (χ4n) is 18.3. The van der Waals surface area contributed by atoms with E-state index in [-0.39, 0.29) is 0 Å². The van der Waals surface area contributed by atoms with Crippen molar-refractivity contribution in [2.45, 2.75) is 321 Å². The topological polar surface area (TPSA) is 0 Å². The number of hydrogen-bond donors (Lipinski definition) is 0. The Kier molecular flexibility index (Phi) is 23.2. The van der Waals surface area contributed by atoms with Gasteiger partial charge in [-0.3, -0.25) is 0 Å². The summed E-state index contributed by atoms with van der Waals surface area (Å²) in [6, 6.07) is 0. The van der Waals surface area contributed by atoms with Crippen molar-refractivity contribution in [3.05, 3.63) is 122 Å². The molecule has 0 atom stereocenters. The normalized spacial score (nSPS) is 29.3. The Bertz CT molecular complexity index is 1930. The zero-order chi connectivity index (χ0) is 53.5. The summed E-state index contributed by atoms with van der Waals surface area (Å²) in [5.74, 6) is 0. The van der Waals surface area contributed by atoms with Gasteiger partial charge in [-0.25, -0.2) is 0 Å². The van der Waals surface area contributed by atoms with Crippen LogP contribution < -0.4 is 0 Å². The highest BCUT2D eigenvalue weighted by Gasteiger charge is 2.39. The molecule has 7 fully saturated rings. The maximum atomic E-state index is 2.42. The zero-order valence-corrected chi connectivity index (χ0v) is 50.9. The van der Waals surface area contributed by atoms with E-state index in [1.54, 1.807) is 0 Å². The van der Waals surface area contributed by atoms with Crippen molar-refractivity contribution in [3.63, 3.8) is 0 Å². The van der Waals surface area contributed by atoms with Gasteiger partial charge in [-0.05, 0) is 268 Å². The molecule has 78 heavy (non-hydrogen) atoms. The van der Waals surface area contributed by atoms with Crippen LogP contribution in [0.4, 0.5) is 0 Å². The molecule has 0 heteroatoms. The molecule has 16 aliphatic carbocycles. The van der Waals surface area contributed by atoms with E-state index in [1.165, 1.54) is 321 Å². The minimum absolute atomic E-state index is 0.606. The van der Waals surface area contributed by atoms with Crippen LogP contribution in [-0.4, -0.2) is 0 Å². The third-order valence-electron chi connectivity index (χ3n) is 24.4. The molecule has 16 rings (SSSR count). The molecule has 0 aromatic heterocycles. The van der Waals surface area contributed by atoms with E-state index in [1.807, 2.05) is 0 Å². The molecule has 16 aliphatic rings. The second-order valence-corrected chi connectivity index (χ2v) is 30.0. The van der Waals surface area contributed by atoms with Crippen molar-refractivity contribution in [2.75, 3.05) is 0 Å². The lowest BCUT2D eigenvalue weighted by molar-refractivity contribution is 0.119. The van der Waals surface area contributed by atoms with E-state index in [0.717, 1.165) is 32.5 Å². The molecule has 0 amide bonds. The van der Waals surface area contributed by atoms with Gasteiger partial charge in [0, 0.05) is 0 Å². The van der Waals surface area contributed by atoms with Crippen molar-refractivity contribution < 1.29 is 0 Å². The Morgan fingerprint density at radius 2 is 0.410 bits per heavy atom. The van der Waals surface area contributed by atoms with Crippen molar-refractivity contribution >= 4 is 0 Å². The van der Waals surface area contributed by atoms with Gasteiger partial charge in [0.1, 0.15) is 0 Å². The summed E-state index contributed by atoms with van der Waals surface area (Å²) in [5, 5.41) is 0. The molecule has 0 unspecified atom stereocenters. The van der Waals surface area contributed by atoms with Crippen LogP contribution in [0.1, 0.15) is 321 Å². The highest BCUT2D eigenvalue weighted by Crippen LogP contribution is 2.53. The summed E-state index contributed by atoms with van der Waals surface area (Å²) in [4.78, 5) is 0. The fraction of sp³-hybridized carbons (Fsp3) is 0.744. The lowest BCUT2D eigenvalue weighted by Gasteiger charge is -2.43. The lowest BCUT2D eigenvalue weighted by Crippen LogP contribution is -2.29. The Labute approximate surface area is 483 Å². The van der Waals surface area contributed by atoms with Gasteiger partial charge < -0.3 is 0 Å². The summed E-state index contributed by atoms with van der Waals surface area (Å²) in [7, 11) is 0. The smallest absolute Gasteiger partial charge is 0.00805 e. The molecule has 0 N–H and O–H groups in total. The Balaban J connectivity index is 0.000000109. The Hall–Kier alpha value is -2.60. The molecule has 0 saturated heterocycles. The molecule has 432 valence electrons. The monoisotopic (exact) mass is 1060 g/mol. The van der Waals surface area contributed by atoms with Crippen LogP contribution in [0, 0.1) is 43.3 Å². The number of allylic oxidation sites excluding steroid dienone is 20. The van der Waals surface area contributed by atoms with Crippen LogP contribution in [0.3, 0.4) is 0 Å². The molecular formula is C78H120. The van der Waals surface area contributed by atoms with Gasteiger partial charge in [0.15, 0.2) is 0 Å². The van der Waals surface area contributed by atoms with Crippen LogP contribution in [0.2, 0.25) is 0 Å². The van der Waals surface area contributed by atoms with Crippen molar-refractivity contribution in [2.24, 2.45) is 43.3 Å². The minimum atomic E-state index is 0.606. The van der Waals surface area contributed by atoms with E-state index in [4.69, 9.17) is 0 Å². The molecule has 0 heterocycles. The number of rotatable bonds is 0. The predicted octanol–water partition coefficient (Wildman–Crippen LogP) is 25.1. The fourth-order valence-corrected chi connectivity index (χ4v) is 18.3. The standard InChI is InChI=1S/3C11H18.C10H14.C9H14.C9H12.C9H14.C8H12/c1-3-7-11(8-4-1)9-5-2-6-10-11;2*1-2-4-8-11(7-3-1)9-5-6-10-11;1-2-6-10(7-3-1)8-4-5-9-10;2*1-2-6-9(5-1)7-3-4-8-9;1-2-5-9(6-3-1)7-4-8-9;1-2-5-8(4-1)6-3-7-8/h1,3H,2,4-10H2;5-6H,1-4,7-10H2;1-2H,3-10H2;1-3,6H,4-5,7-9H2;1-2H,3-8H2;1-4H,5-8H2;1-2H,3-8H2;1-2H,3-7H2. The lowest BCUT2D eigenvalue weighted by atomic mass is 9.62. The first-order valence-corrected chi connectivity index (χ1v) is 34.9. The van der Waals surface area contributed by atoms with Gasteiger partial charge in [-0.1, -0.05) is 218 Å². The van der Waals surface area contributed by atoms with E-state index < -0.39 is 0 Å². The maximum Gasteiger partial charge on any atom is -0.00805 e. The van der Waals surface area contributed by atoms with Gasteiger partial charge in [0.2, 0.25) is 0 Å². The van der Waals surface area contributed by atoms with Crippen molar-refractivity contribution in [1.82, 2.24) is 0 Å². The predicted molar refractivity (Wildman–Crippen MR) is 342 cm³/mol. The van der Waals surface area contributed by atoms with E-state index in [0.29, 0.717) is 10.8 Å². The summed E-state index contributed by atoms with van der Waals surface area (Å²) < 4.78 is 0. The molecule has 8 spiro atoms. The third-order valence-corrected chi connectivity index (χ3v) is 24.4. The highest BCUT2D eigenvalue weighted by atomic mass is 14.4. The first kappa shape index (κ1) is 60.0. The minimum Gasteiger partial charge on any atom is -0.0885 e. The average molecular weight is 1060 g/mol. The highest BCUT2D eigenvalue weighted by molar-refractivity contribution is 5.18. The van der Waals surface area contributed by atoms with E-state index >= 15 is 0 Å². The van der Waals surface area contributed by atoms with Gasteiger partial charge in [0.05, 0.1) is 0 Å². The van der Waals surface area contributed by atoms with Gasteiger partial charge >= 0.3 is 0 Å². The van der Waals surface area contributed by atoms with Gasteiger partial charge in [-0.2, -0.15) is 0 Å². The van der Waals surface area contributed by atoms with Crippen LogP contribution in [0.25, 0.3) is 0 Å². The first-order valence-electron chi connectivity index (χ1n) is 34.9. The molecule has 0 aromatic rings. The number of hydrogen-bond acceptors (Lipinski definition) is 0. The summed E-state index contributed by atoms with van der Waals surface area (Å²) in [5.41, 5.74) is 5.98. The van der Waals surface area contributed by atoms with E-state index in [2.05, 4.69) is 122 Å². The largest absolute Gasteiger partial charge is 0.0885 e. The van der Waals surface area contributed by atoms with Crippen LogP contribution in [0.5, 0.6) is 0 Å². The quantitative estimate of drug-likeness (QED) is 0.212. The van der Waals surface area contributed by atoms with Crippen LogP contribution in [-0.2, 0) is 0 Å². The molecule has 0 radical (unpaired) electrons. The Morgan fingerprint density at radius 1 is 0.154 bits per heavy atom. The van der Waals surface area contributed by atoms with Gasteiger partial charge in [-0.15, -0.1) is 0 Å². The van der Waals surface area contributed by atoms with E-state index in [9.17, 15) is 0 Å². The molecule has 0 aromatic carbocycles. The third kappa shape index (κ3) is 17.7. The van der Waals surface area contributed by atoms with Crippen molar-refractivity contribution in [1.29, 1.82) is 0 Å². The molecule has 7 saturated carbocycles.